The molecule has 2 amide bonds. The summed E-state index contributed by atoms with van der Waals surface area (Å²) in [6.45, 7) is 4.40. The van der Waals surface area contributed by atoms with Crippen molar-refractivity contribution >= 4 is 17.4 Å². The number of ether oxygens (including phenoxy) is 1. The number of hydrogen-bond donors (Lipinski definition) is 1. The Bertz CT molecular complexity index is 1070. The van der Waals surface area contributed by atoms with Gasteiger partial charge in [-0.2, -0.15) is 0 Å². The number of aliphatic hydroxyl groups is 1. The lowest BCUT2D eigenvalue weighted by Crippen LogP contribution is -2.50. The number of rotatable bonds is 6. The van der Waals surface area contributed by atoms with Crippen LogP contribution >= 0.6 is 0 Å². The number of hydrogen-bond acceptors (Lipinski definition) is 6. The maximum Gasteiger partial charge on any atom is 0.259 e. The largest absolute Gasteiger partial charge is 0.472 e. The fraction of sp³-hybridized carbons (Fsp3) is 0.462. The summed E-state index contributed by atoms with van der Waals surface area (Å²) in [5.74, 6) is -0.161. The molecule has 0 aromatic carbocycles. The number of likely N-dealkylation sites (N-methyl/N-ethyl adjacent to an activating group) is 1. The fourth-order valence-electron chi connectivity index (χ4n) is 4.50. The van der Waals surface area contributed by atoms with Crippen LogP contribution in [0, 0.1) is 5.92 Å². The summed E-state index contributed by atoms with van der Waals surface area (Å²) in [5.41, 5.74) is 3.07. The normalized spacial score (nSPS) is 21.1. The van der Waals surface area contributed by atoms with Crippen LogP contribution < -0.4 is 4.74 Å². The van der Waals surface area contributed by atoms with Crippen LogP contribution in [0.25, 0.3) is 5.57 Å². The highest BCUT2D eigenvalue weighted by Crippen LogP contribution is 2.32. The van der Waals surface area contributed by atoms with E-state index in [0.717, 1.165) is 24.8 Å². The van der Waals surface area contributed by atoms with Crippen molar-refractivity contribution in [3.8, 4) is 5.88 Å². The lowest BCUT2D eigenvalue weighted by Gasteiger charge is -2.37. The molecule has 0 saturated heterocycles. The smallest absolute Gasteiger partial charge is 0.259 e. The summed E-state index contributed by atoms with van der Waals surface area (Å²) in [7, 11) is 1.74. The van der Waals surface area contributed by atoms with E-state index in [1.54, 1.807) is 47.6 Å². The minimum atomic E-state index is -0.389. The zero-order valence-electron chi connectivity index (χ0n) is 20.0. The molecule has 0 spiro atoms. The highest BCUT2D eigenvalue weighted by Gasteiger charge is 2.35. The van der Waals surface area contributed by atoms with Gasteiger partial charge < -0.3 is 19.6 Å². The van der Waals surface area contributed by atoms with Gasteiger partial charge in [-0.05, 0) is 55.5 Å². The topological polar surface area (TPSA) is 95.9 Å². The molecule has 0 fully saturated rings. The molecular formula is C26H32N4O4. The van der Waals surface area contributed by atoms with E-state index in [1.165, 1.54) is 5.57 Å². The number of amides is 2. The third kappa shape index (κ3) is 4.97. The van der Waals surface area contributed by atoms with Gasteiger partial charge >= 0.3 is 0 Å². The van der Waals surface area contributed by atoms with Gasteiger partial charge in [0.2, 0.25) is 5.88 Å². The van der Waals surface area contributed by atoms with Crippen LogP contribution in [0.2, 0.25) is 0 Å². The quantitative estimate of drug-likeness (QED) is 0.706. The number of nitrogens with zero attached hydrogens (tertiary/aromatic N) is 4. The zero-order chi connectivity index (χ0) is 24.2. The van der Waals surface area contributed by atoms with Gasteiger partial charge in [0, 0.05) is 43.7 Å². The van der Waals surface area contributed by atoms with E-state index in [9.17, 15) is 14.7 Å². The maximum atomic E-state index is 13.5. The van der Waals surface area contributed by atoms with Crippen molar-refractivity contribution in [3.05, 3.63) is 59.6 Å². The third-order valence-corrected chi connectivity index (χ3v) is 6.66. The molecule has 0 unspecified atom stereocenters. The van der Waals surface area contributed by atoms with Crippen LogP contribution in [0.1, 0.15) is 59.4 Å². The summed E-state index contributed by atoms with van der Waals surface area (Å²) in [4.78, 5) is 38.3. The summed E-state index contributed by atoms with van der Waals surface area (Å²) in [6, 6.07) is 4.87. The molecule has 8 heteroatoms. The number of fused-ring (bicyclic) bond motifs is 1. The maximum absolute atomic E-state index is 13.5. The van der Waals surface area contributed by atoms with Gasteiger partial charge in [-0.1, -0.05) is 13.0 Å². The molecule has 3 atom stereocenters. The second kappa shape index (κ2) is 10.3. The standard InChI is InChI=1S/C26H32N4O4/c1-17-14-30(18(2)16-31)26(33)22-12-21(19-6-4-5-7-19)13-28-24(22)34-23(17)15-29(3)25(32)20-8-10-27-11-9-20/h6,8-13,17-18,23,31H,4-5,7,14-16H2,1-3H3/t17-,18+,23+/m0/s1. The van der Waals surface area contributed by atoms with Crippen molar-refractivity contribution in [2.24, 2.45) is 5.92 Å². The van der Waals surface area contributed by atoms with Crippen LogP contribution in [-0.2, 0) is 0 Å². The van der Waals surface area contributed by atoms with Crippen LogP contribution in [-0.4, -0.2) is 75.6 Å². The first kappa shape index (κ1) is 23.9. The molecule has 3 heterocycles. The Kier molecular flexibility index (Phi) is 7.26. The summed E-state index contributed by atoms with van der Waals surface area (Å²) < 4.78 is 6.31. The SMILES string of the molecule is C[C@H](CO)N1C[C@H](C)[C@@H](CN(C)C(=O)c2ccncc2)Oc2ncc(C3=CCCC3)cc2C1=O. The van der Waals surface area contributed by atoms with Crippen molar-refractivity contribution in [2.75, 3.05) is 26.7 Å². The van der Waals surface area contributed by atoms with E-state index in [4.69, 9.17) is 4.74 Å². The van der Waals surface area contributed by atoms with Crippen molar-refractivity contribution < 1.29 is 19.4 Å². The molecule has 2 aromatic heterocycles. The number of allylic oxidation sites excluding steroid dienone is 2. The molecule has 180 valence electrons. The van der Waals surface area contributed by atoms with Gasteiger partial charge in [-0.3, -0.25) is 14.6 Å². The monoisotopic (exact) mass is 464 g/mol. The molecule has 1 aliphatic heterocycles. The van der Waals surface area contributed by atoms with Crippen molar-refractivity contribution in [1.82, 2.24) is 19.8 Å². The predicted molar refractivity (Wildman–Crippen MR) is 128 cm³/mol. The van der Waals surface area contributed by atoms with Gasteiger partial charge in [-0.25, -0.2) is 4.98 Å². The van der Waals surface area contributed by atoms with Gasteiger partial charge in [0.15, 0.2) is 0 Å². The molecule has 2 aliphatic rings. The average molecular weight is 465 g/mol. The first-order valence-corrected chi connectivity index (χ1v) is 11.8. The number of pyridine rings is 2. The van der Waals surface area contributed by atoms with E-state index in [1.807, 2.05) is 19.9 Å². The van der Waals surface area contributed by atoms with Crippen LogP contribution in [0.5, 0.6) is 5.88 Å². The molecule has 0 radical (unpaired) electrons. The average Bonchev–Trinajstić information content (AvgIpc) is 3.40. The van der Waals surface area contributed by atoms with E-state index in [2.05, 4.69) is 16.0 Å². The van der Waals surface area contributed by atoms with E-state index < -0.39 is 0 Å². The van der Waals surface area contributed by atoms with E-state index in [0.29, 0.717) is 24.2 Å². The number of aliphatic hydroxyl groups excluding tert-OH is 1. The van der Waals surface area contributed by atoms with Crippen LogP contribution in [0.3, 0.4) is 0 Å². The first-order valence-electron chi connectivity index (χ1n) is 11.8. The predicted octanol–water partition coefficient (Wildman–Crippen LogP) is 3.04. The number of carbonyl (C=O) groups excluding carboxylic acids is 2. The zero-order valence-corrected chi connectivity index (χ0v) is 20.0. The Morgan fingerprint density at radius 3 is 2.79 bits per heavy atom. The van der Waals surface area contributed by atoms with Crippen molar-refractivity contribution in [2.45, 2.75) is 45.3 Å². The van der Waals surface area contributed by atoms with E-state index >= 15 is 0 Å². The summed E-state index contributed by atoms with van der Waals surface area (Å²) in [6.07, 6.45) is 9.84. The molecule has 2 aromatic rings. The first-order chi connectivity index (χ1) is 16.4. The minimum absolute atomic E-state index is 0.0993. The highest BCUT2D eigenvalue weighted by atomic mass is 16.5. The molecule has 34 heavy (non-hydrogen) atoms. The Hall–Kier alpha value is -3.26. The molecule has 0 bridgehead atoms. The fourth-order valence-corrected chi connectivity index (χ4v) is 4.50. The van der Waals surface area contributed by atoms with E-state index in [-0.39, 0.29) is 42.4 Å². The summed E-state index contributed by atoms with van der Waals surface area (Å²) >= 11 is 0. The highest BCUT2D eigenvalue weighted by molar-refractivity contribution is 5.97. The molecule has 1 N–H and O–H groups in total. The van der Waals surface area contributed by atoms with Gasteiger partial charge in [-0.15, -0.1) is 0 Å². The second-order valence-electron chi connectivity index (χ2n) is 9.24. The third-order valence-electron chi connectivity index (χ3n) is 6.66. The van der Waals surface area contributed by atoms with Crippen LogP contribution in [0.15, 0.2) is 42.9 Å². The van der Waals surface area contributed by atoms with Crippen molar-refractivity contribution in [3.63, 3.8) is 0 Å². The Morgan fingerprint density at radius 2 is 2.12 bits per heavy atom. The van der Waals surface area contributed by atoms with Crippen molar-refractivity contribution in [1.29, 1.82) is 0 Å². The Balaban J connectivity index is 1.65. The molecule has 8 nitrogen and oxygen atoms in total. The minimum Gasteiger partial charge on any atom is -0.472 e. The van der Waals surface area contributed by atoms with Gasteiger partial charge in [0.25, 0.3) is 11.8 Å². The molecule has 4 rings (SSSR count). The Labute approximate surface area is 200 Å². The second-order valence-corrected chi connectivity index (χ2v) is 9.24. The number of aromatic nitrogens is 2. The van der Waals surface area contributed by atoms with Gasteiger partial charge in [0.05, 0.1) is 19.2 Å². The van der Waals surface area contributed by atoms with Crippen LogP contribution in [0.4, 0.5) is 0 Å². The molecule has 0 saturated carbocycles. The lowest BCUT2D eigenvalue weighted by molar-refractivity contribution is 0.0313. The molecular weight excluding hydrogens is 432 g/mol. The molecule has 1 aliphatic carbocycles. The Morgan fingerprint density at radius 1 is 1.35 bits per heavy atom. The lowest BCUT2D eigenvalue weighted by atomic mass is 9.99. The number of carbonyl (C=O) groups is 2. The van der Waals surface area contributed by atoms with Gasteiger partial charge in [0.1, 0.15) is 11.7 Å². The summed E-state index contributed by atoms with van der Waals surface area (Å²) in [5, 5.41) is 9.83.